The summed E-state index contributed by atoms with van der Waals surface area (Å²) in [6.45, 7) is 6.43. The summed E-state index contributed by atoms with van der Waals surface area (Å²) < 4.78 is 16.8. The van der Waals surface area contributed by atoms with Crippen molar-refractivity contribution in [3.8, 4) is 0 Å². The van der Waals surface area contributed by atoms with Gasteiger partial charge in [-0.3, -0.25) is 14.4 Å². The lowest BCUT2D eigenvalue weighted by Crippen LogP contribution is -2.30. The van der Waals surface area contributed by atoms with E-state index in [9.17, 15) is 14.4 Å². The Balaban J connectivity index is 4.48. The maximum Gasteiger partial charge on any atom is 0.306 e. The first-order valence-electron chi connectivity index (χ1n) is 27.7. The zero-order chi connectivity index (χ0) is 48.6. The Morgan fingerprint density at radius 1 is 0.313 bits per heavy atom. The number of carbonyl (C=O) groups is 3. The summed E-state index contributed by atoms with van der Waals surface area (Å²) in [5.41, 5.74) is 0. The lowest BCUT2D eigenvalue weighted by Gasteiger charge is -2.18. The van der Waals surface area contributed by atoms with E-state index >= 15 is 0 Å². The lowest BCUT2D eigenvalue weighted by molar-refractivity contribution is -0.167. The molecule has 0 N–H and O–H groups in total. The monoisotopic (exact) mass is 931 g/mol. The summed E-state index contributed by atoms with van der Waals surface area (Å²) in [6.07, 6.45) is 72.6. The standard InChI is InChI=1S/C61H102O6/c1-4-7-10-13-16-19-22-25-27-29-30-32-33-36-39-42-45-48-51-54-60(63)66-57-58(56-65-59(62)53-50-47-44-41-38-35-24-21-18-15-12-9-6-3)67-61(64)55-52-49-46-43-40-37-34-31-28-26-23-20-17-14-11-8-5-2/h7,10,16-17,19-20,25-28,34-35,37-38,43,46,58H,4-6,8-9,11-15,18,21-24,29-33,36,39-42,44-45,47-57H2,1-3H3/b10-7-,19-16-,20-17-,27-25-,28-26-,37-34-,38-35-,46-43-. The van der Waals surface area contributed by atoms with Crippen LogP contribution in [0.5, 0.6) is 0 Å². The molecule has 1 unspecified atom stereocenters. The summed E-state index contributed by atoms with van der Waals surface area (Å²) in [5.74, 6) is -0.985. The van der Waals surface area contributed by atoms with Gasteiger partial charge in [0.25, 0.3) is 0 Å². The molecular weight excluding hydrogens is 829 g/mol. The minimum atomic E-state index is -0.815. The number of unbranched alkanes of at least 4 members (excludes halogenated alkanes) is 22. The summed E-state index contributed by atoms with van der Waals surface area (Å²) in [7, 11) is 0. The predicted octanol–water partition coefficient (Wildman–Crippen LogP) is 18.5. The average molecular weight is 931 g/mol. The van der Waals surface area contributed by atoms with Crippen LogP contribution in [0.3, 0.4) is 0 Å². The number of hydrogen-bond acceptors (Lipinski definition) is 6. The van der Waals surface area contributed by atoms with Gasteiger partial charge >= 0.3 is 17.9 Å². The normalized spacial score (nSPS) is 12.8. The molecule has 0 fully saturated rings. The van der Waals surface area contributed by atoms with E-state index < -0.39 is 6.10 Å². The van der Waals surface area contributed by atoms with Crippen molar-refractivity contribution < 1.29 is 28.6 Å². The average Bonchev–Trinajstić information content (AvgIpc) is 3.33. The van der Waals surface area contributed by atoms with Gasteiger partial charge in [-0.05, 0) is 116 Å². The largest absolute Gasteiger partial charge is 0.462 e. The van der Waals surface area contributed by atoms with E-state index in [2.05, 4.69) is 118 Å². The molecule has 0 aliphatic rings. The van der Waals surface area contributed by atoms with E-state index in [1.165, 1.54) is 109 Å². The summed E-state index contributed by atoms with van der Waals surface area (Å²) in [6, 6.07) is 0. The fourth-order valence-electron chi connectivity index (χ4n) is 7.38. The first-order valence-corrected chi connectivity index (χ1v) is 27.7. The van der Waals surface area contributed by atoms with Crippen molar-refractivity contribution in [1.82, 2.24) is 0 Å². The van der Waals surface area contributed by atoms with Gasteiger partial charge in [0.1, 0.15) is 13.2 Å². The molecule has 0 saturated carbocycles. The Morgan fingerprint density at radius 2 is 0.597 bits per heavy atom. The van der Waals surface area contributed by atoms with Crippen LogP contribution >= 0.6 is 0 Å². The Kier molecular flexibility index (Phi) is 51.9. The number of carbonyl (C=O) groups excluding carboxylic acids is 3. The van der Waals surface area contributed by atoms with Crippen LogP contribution in [0.25, 0.3) is 0 Å². The number of ether oxygens (including phenoxy) is 3. The molecule has 0 saturated heterocycles. The van der Waals surface area contributed by atoms with Crippen LogP contribution in [-0.2, 0) is 28.6 Å². The third-order valence-corrected chi connectivity index (χ3v) is 11.5. The second kappa shape index (κ2) is 54.9. The van der Waals surface area contributed by atoms with Gasteiger partial charge in [0.05, 0.1) is 0 Å². The molecule has 1 atom stereocenters. The molecule has 382 valence electrons. The lowest BCUT2D eigenvalue weighted by atomic mass is 10.1. The number of rotatable bonds is 49. The van der Waals surface area contributed by atoms with E-state index in [0.717, 1.165) is 96.3 Å². The van der Waals surface area contributed by atoms with Gasteiger partial charge in [-0.25, -0.2) is 0 Å². The van der Waals surface area contributed by atoms with Crippen molar-refractivity contribution in [1.29, 1.82) is 0 Å². The fourth-order valence-corrected chi connectivity index (χ4v) is 7.38. The number of allylic oxidation sites excluding steroid dienone is 16. The highest BCUT2D eigenvalue weighted by molar-refractivity contribution is 5.71. The predicted molar refractivity (Wildman–Crippen MR) is 288 cm³/mol. The molecule has 0 radical (unpaired) electrons. The zero-order valence-electron chi connectivity index (χ0n) is 43.6. The van der Waals surface area contributed by atoms with E-state index in [4.69, 9.17) is 14.2 Å². The van der Waals surface area contributed by atoms with Crippen LogP contribution in [-0.4, -0.2) is 37.2 Å². The number of esters is 3. The quantitative estimate of drug-likeness (QED) is 0.0262. The minimum absolute atomic E-state index is 0.107. The topological polar surface area (TPSA) is 78.9 Å². The van der Waals surface area contributed by atoms with Crippen LogP contribution in [0.15, 0.2) is 97.2 Å². The third-order valence-electron chi connectivity index (χ3n) is 11.5. The smallest absolute Gasteiger partial charge is 0.306 e. The highest BCUT2D eigenvalue weighted by Gasteiger charge is 2.19. The first-order chi connectivity index (χ1) is 33.0. The highest BCUT2D eigenvalue weighted by Crippen LogP contribution is 2.14. The van der Waals surface area contributed by atoms with Gasteiger partial charge in [-0.1, -0.05) is 214 Å². The Labute approximate surface area is 413 Å². The molecule has 6 nitrogen and oxygen atoms in total. The van der Waals surface area contributed by atoms with Crippen LogP contribution < -0.4 is 0 Å². The Morgan fingerprint density at radius 3 is 1.01 bits per heavy atom. The maximum atomic E-state index is 12.8. The van der Waals surface area contributed by atoms with Crippen LogP contribution in [0.4, 0.5) is 0 Å². The van der Waals surface area contributed by atoms with E-state index in [0.29, 0.717) is 19.3 Å². The second-order valence-electron chi connectivity index (χ2n) is 18.1. The highest BCUT2D eigenvalue weighted by atomic mass is 16.6. The van der Waals surface area contributed by atoms with Gasteiger partial charge in [0.15, 0.2) is 6.10 Å². The molecule has 0 amide bonds. The first kappa shape index (κ1) is 63.3. The second-order valence-corrected chi connectivity index (χ2v) is 18.1. The Hall–Kier alpha value is -3.67. The molecule has 0 aliphatic heterocycles. The van der Waals surface area contributed by atoms with Gasteiger partial charge < -0.3 is 14.2 Å². The van der Waals surface area contributed by atoms with Crippen molar-refractivity contribution in [3.05, 3.63) is 97.2 Å². The molecule has 67 heavy (non-hydrogen) atoms. The molecule has 0 heterocycles. The molecule has 0 aromatic carbocycles. The van der Waals surface area contributed by atoms with Gasteiger partial charge in [0.2, 0.25) is 0 Å². The van der Waals surface area contributed by atoms with Gasteiger partial charge in [-0.15, -0.1) is 0 Å². The van der Waals surface area contributed by atoms with Crippen molar-refractivity contribution in [2.45, 2.75) is 258 Å². The zero-order valence-corrected chi connectivity index (χ0v) is 43.6. The molecular formula is C61H102O6. The Bertz CT molecular complexity index is 1350. The van der Waals surface area contributed by atoms with Crippen LogP contribution in [0.1, 0.15) is 252 Å². The van der Waals surface area contributed by atoms with Crippen molar-refractivity contribution in [3.63, 3.8) is 0 Å². The van der Waals surface area contributed by atoms with Crippen molar-refractivity contribution in [2.24, 2.45) is 0 Å². The van der Waals surface area contributed by atoms with Crippen LogP contribution in [0.2, 0.25) is 0 Å². The summed E-state index contributed by atoms with van der Waals surface area (Å²) in [5, 5.41) is 0. The number of hydrogen-bond donors (Lipinski definition) is 0. The third kappa shape index (κ3) is 53.2. The summed E-state index contributed by atoms with van der Waals surface area (Å²) >= 11 is 0. The molecule has 0 spiro atoms. The van der Waals surface area contributed by atoms with Crippen molar-refractivity contribution in [2.75, 3.05) is 13.2 Å². The van der Waals surface area contributed by atoms with E-state index in [1.54, 1.807) is 0 Å². The molecule has 0 rings (SSSR count). The fraction of sp³-hybridized carbons (Fsp3) is 0.689. The summed E-state index contributed by atoms with van der Waals surface area (Å²) in [4.78, 5) is 38.1. The molecule has 6 heteroatoms. The molecule has 0 bridgehead atoms. The minimum Gasteiger partial charge on any atom is -0.462 e. The maximum absolute atomic E-state index is 12.8. The molecule has 0 aliphatic carbocycles. The molecule has 0 aromatic heterocycles. The molecule has 0 aromatic rings. The van der Waals surface area contributed by atoms with E-state index in [-0.39, 0.29) is 37.5 Å². The SMILES string of the molecule is CC/C=C\C/C=C\C/C=C\CCCCCCCCCCCC(=O)OCC(COC(=O)CCCCC/C=C\CCCCCCCC)OC(=O)CCC/C=C\C/C=C\C/C=C\C/C=C\CCCCC. The van der Waals surface area contributed by atoms with Crippen LogP contribution in [0, 0.1) is 0 Å². The van der Waals surface area contributed by atoms with Gasteiger partial charge in [0, 0.05) is 19.3 Å². The van der Waals surface area contributed by atoms with Crippen molar-refractivity contribution >= 4 is 17.9 Å². The van der Waals surface area contributed by atoms with E-state index in [1.807, 2.05) is 0 Å². The van der Waals surface area contributed by atoms with Gasteiger partial charge in [-0.2, -0.15) is 0 Å².